The Kier molecular flexibility index (Phi) is 10.8. The molecule has 3 aliphatic rings. The molecule has 0 unspecified atom stereocenters. The molecule has 5 rings (SSSR count). The quantitative estimate of drug-likeness (QED) is 0.148. The van der Waals surface area contributed by atoms with Gasteiger partial charge in [0.2, 0.25) is 0 Å². The number of hydrogen-bond acceptors (Lipinski definition) is 1. The summed E-state index contributed by atoms with van der Waals surface area (Å²) in [6, 6.07) is 7.65. The van der Waals surface area contributed by atoms with Gasteiger partial charge in [0.05, 0.1) is 12.0 Å². The third-order valence-electron chi connectivity index (χ3n) is 10.7. The number of ether oxygens (including phenoxy) is 1. The van der Waals surface area contributed by atoms with Crippen molar-refractivity contribution in [3.63, 3.8) is 0 Å². The third-order valence-corrected chi connectivity index (χ3v) is 10.7. The molecule has 1 nitrogen and oxygen atoms in total. The van der Waals surface area contributed by atoms with Crippen LogP contribution < -0.4 is 0 Å². The van der Waals surface area contributed by atoms with Crippen LogP contribution in [-0.2, 0) is 4.74 Å². The van der Waals surface area contributed by atoms with Crippen molar-refractivity contribution in [2.24, 2.45) is 11.8 Å². The summed E-state index contributed by atoms with van der Waals surface area (Å²) in [7, 11) is 0. The van der Waals surface area contributed by atoms with Gasteiger partial charge in [0.15, 0.2) is 17.5 Å². The Bertz CT molecular complexity index is 1170. The number of rotatable bonds is 10. The molecule has 0 amide bonds. The maximum absolute atomic E-state index is 15.3. The Morgan fingerprint density at radius 2 is 1.21 bits per heavy atom. The first-order chi connectivity index (χ1) is 20.6. The van der Waals surface area contributed by atoms with E-state index < -0.39 is 35.6 Å². The summed E-state index contributed by atoms with van der Waals surface area (Å²) in [6.45, 7) is 2.23. The molecule has 0 atom stereocenters. The van der Waals surface area contributed by atoms with Crippen molar-refractivity contribution in [2.45, 2.75) is 140 Å². The molecule has 3 fully saturated rings. The van der Waals surface area contributed by atoms with Crippen molar-refractivity contribution in [3.8, 4) is 0 Å². The molecule has 0 aliphatic heterocycles. The minimum absolute atomic E-state index is 0.0673. The number of alkyl halides is 2. The van der Waals surface area contributed by atoms with Crippen LogP contribution in [0.15, 0.2) is 30.3 Å². The molecule has 0 radical (unpaired) electrons. The molecule has 0 N–H and O–H groups in total. The normalized spacial score (nSPS) is 28.6. The monoisotopic (exact) mass is 608 g/mol. The first kappa shape index (κ1) is 32.4. The van der Waals surface area contributed by atoms with E-state index >= 15 is 13.2 Å². The average Bonchev–Trinajstić information content (AvgIpc) is 3.00. The first-order valence-corrected chi connectivity index (χ1v) is 16.6. The van der Waals surface area contributed by atoms with Crippen molar-refractivity contribution in [1.82, 2.24) is 0 Å². The Morgan fingerprint density at radius 3 is 1.81 bits per heavy atom. The molecular formula is C36H46F6O. The van der Waals surface area contributed by atoms with Gasteiger partial charge in [-0.05, 0) is 136 Å². The van der Waals surface area contributed by atoms with Crippen molar-refractivity contribution >= 4 is 0 Å². The van der Waals surface area contributed by atoms with E-state index in [2.05, 4.69) is 13.0 Å². The average molecular weight is 609 g/mol. The number of hydrogen-bond donors (Lipinski definition) is 0. The zero-order chi connectivity index (χ0) is 30.6. The van der Waals surface area contributed by atoms with Gasteiger partial charge in [0, 0.05) is 0 Å². The highest BCUT2D eigenvalue weighted by Crippen LogP contribution is 2.46. The van der Waals surface area contributed by atoms with E-state index in [-0.39, 0.29) is 30.5 Å². The molecule has 3 aliphatic carbocycles. The molecule has 0 heterocycles. The molecule has 43 heavy (non-hydrogen) atoms. The van der Waals surface area contributed by atoms with E-state index in [1.807, 2.05) is 6.07 Å². The van der Waals surface area contributed by atoms with E-state index in [0.29, 0.717) is 55.6 Å². The zero-order valence-corrected chi connectivity index (χ0v) is 25.3. The van der Waals surface area contributed by atoms with Gasteiger partial charge in [0.1, 0.15) is 5.82 Å². The number of halogens is 6. The number of benzene rings is 2. The van der Waals surface area contributed by atoms with Crippen LogP contribution in [0.2, 0.25) is 0 Å². The van der Waals surface area contributed by atoms with Crippen LogP contribution in [0, 0.1) is 35.1 Å². The molecule has 3 saturated carbocycles. The summed E-state index contributed by atoms with van der Waals surface area (Å²) >= 11 is 0. The summed E-state index contributed by atoms with van der Waals surface area (Å²) in [5.41, 5.74) is 2.07. The standard InChI is InChI=1S/C36H46F6O/c1-2-3-4-5-23-6-8-24(9-7-23)27-14-19-31(32(37)20-27)26-10-15-29(16-11-26)36(41,42)43-30-17-12-25(13-18-30)28-21-33(38)35(40)34(39)22-28/h14,19-26,29-30H,2-13,15-18H2,1H3. The van der Waals surface area contributed by atoms with Crippen molar-refractivity contribution in [2.75, 3.05) is 0 Å². The minimum atomic E-state index is -3.28. The van der Waals surface area contributed by atoms with Crippen LogP contribution >= 0.6 is 0 Å². The van der Waals surface area contributed by atoms with Gasteiger partial charge in [0.25, 0.3) is 0 Å². The fourth-order valence-corrected chi connectivity index (χ4v) is 7.98. The Hall–Kier alpha value is -2.02. The lowest BCUT2D eigenvalue weighted by Crippen LogP contribution is -2.38. The maximum Gasteiger partial charge on any atom is 0.358 e. The second-order valence-electron chi connectivity index (χ2n) is 13.5. The van der Waals surface area contributed by atoms with Gasteiger partial charge in [-0.25, -0.2) is 17.6 Å². The second-order valence-corrected chi connectivity index (χ2v) is 13.5. The van der Waals surface area contributed by atoms with Gasteiger partial charge in [-0.2, -0.15) is 8.78 Å². The van der Waals surface area contributed by atoms with E-state index in [1.165, 1.54) is 38.5 Å². The van der Waals surface area contributed by atoms with Crippen LogP contribution in [0.1, 0.15) is 144 Å². The summed E-state index contributed by atoms with van der Waals surface area (Å²) in [5, 5.41) is 0. The predicted octanol–water partition coefficient (Wildman–Crippen LogP) is 11.7. The smallest absolute Gasteiger partial charge is 0.317 e. The maximum atomic E-state index is 15.3. The molecular weight excluding hydrogens is 562 g/mol. The van der Waals surface area contributed by atoms with Gasteiger partial charge in [-0.1, -0.05) is 44.7 Å². The van der Waals surface area contributed by atoms with Crippen molar-refractivity contribution < 1.29 is 31.1 Å². The highest BCUT2D eigenvalue weighted by Gasteiger charge is 2.45. The number of unbranched alkanes of at least 4 members (excludes halogenated alkanes) is 2. The molecule has 0 aromatic heterocycles. The van der Waals surface area contributed by atoms with E-state index in [1.54, 1.807) is 6.07 Å². The van der Waals surface area contributed by atoms with Gasteiger partial charge in [-0.15, -0.1) is 0 Å². The minimum Gasteiger partial charge on any atom is -0.317 e. The summed E-state index contributed by atoms with van der Waals surface area (Å²) < 4.78 is 91.6. The van der Waals surface area contributed by atoms with Crippen LogP contribution in [0.4, 0.5) is 26.3 Å². The lowest BCUT2D eigenvalue weighted by Gasteiger charge is -2.37. The van der Waals surface area contributed by atoms with E-state index in [0.717, 1.165) is 36.5 Å². The van der Waals surface area contributed by atoms with Gasteiger partial charge >= 0.3 is 6.11 Å². The highest BCUT2D eigenvalue weighted by molar-refractivity contribution is 5.30. The lowest BCUT2D eigenvalue weighted by atomic mass is 9.75. The molecule has 238 valence electrons. The van der Waals surface area contributed by atoms with Crippen molar-refractivity contribution in [3.05, 3.63) is 70.3 Å². The Balaban J connectivity index is 1.08. The second kappa shape index (κ2) is 14.4. The lowest BCUT2D eigenvalue weighted by molar-refractivity contribution is -0.300. The summed E-state index contributed by atoms with van der Waals surface area (Å²) in [5.74, 6) is -4.17. The molecule has 0 saturated heterocycles. The van der Waals surface area contributed by atoms with E-state index in [4.69, 9.17) is 4.74 Å². The fourth-order valence-electron chi connectivity index (χ4n) is 7.98. The Morgan fingerprint density at radius 1 is 0.651 bits per heavy atom. The van der Waals surface area contributed by atoms with Crippen molar-refractivity contribution in [1.29, 1.82) is 0 Å². The predicted molar refractivity (Wildman–Crippen MR) is 157 cm³/mol. The van der Waals surface area contributed by atoms with Crippen LogP contribution in [0.3, 0.4) is 0 Å². The van der Waals surface area contributed by atoms with Crippen LogP contribution in [0.5, 0.6) is 0 Å². The fraction of sp³-hybridized carbons (Fsp3) is 0.667. The van der Waals surface area contributed by atoms with Crippen LogP contribution in [0.25, 0.3) is 0 Å². The Labute approximate surface area is 252 Å². The first-order valence-electron chi connectivity index (χ1n) is 16.6. The largest absolute Gasteiger partial charge is 0.358 e. The topological polar surface area (TPSA) is 9.23 Å². The molecule has 2 aromatic carbocycles. The van der Waals surface area contributed by atoms with Gasteiger partial charge < -0.3 is 4.74 Å². The summed E-state index contributed by atoms with van der Waals surface area (Å²) in [4.78, 5) is 0. The molecule has 0 bridgehead atoms. The summed E-state index contributed by atoms with van der Waals surface area (Å²) in [6.07, 6.45) is 8.98. The third kappa shape index (κ3) is 7.99. The zero-order valence-electron chi connectivity index (χ0n) is 25.3. The molecule has 7 heteroatoms. The molecule has 0 spiro atoms. The highest BCUT2D eigenvalue weighted by atomic mass is 19.3. The van der Waals surface area contributed by atoms with E-state index in [9.17, 15) is 13.2 Å². The van der Waals surface area contributed by atoms with Gasteiger partial charge in [-0.3, -0.25) is 0 Å². The van der Waals surface area contributed by atoms with Crippen LogP contribution in [-0.4, -0.2) is 12.2 Å². The SMILES string of the molecule is CCCCCC1CCC(c2ccc(C3CCC(C(F)(F)OC4CCC(c5cc(F)c(F)c(F)c5)CC4)CC3)c(F)c2)CC1. The molecule has 2 aromatic rings.